The first-order chi connectivity index (χ1) is 11.9. The first kappa shape index (κ1) is 17.4. The highest BCUT2D eigenvalue weighted by atomic mass is 19.4. The van der Waals surface area contributed by atoms with E-state index in [0.717, 1.165) is 5.56 Å². The van der Waals surface area contributed by atoms with Gasteiger partial charge in [-0.3, -0.25) is 4.79 Å². The van der Waals surface area contributed by atoms with Crippen molar-refractivity contribution >= 4 is 11.6 Å². The van der Waals surface area contributed by atoms with Crippen LogP contribution in [0.1, 0.15) is 31.2 Å². The maximum absolute atomic E-state index is 13.2. The Morgan fingerprint density at radius 3 is 2.80 bits per heavy atom. The van der Waals surface area contributed by atoms with Crippen molar-refractivity contribution in [2.45, 2.75) is 38.4 Å². The largest absolute Gasteiger partial charge is 0.392 e. The second kappa shape index (κ2) is 7.25. The zero-order chi connectivity index (χ0) is 17.9. The van der Waals surface area contributed by atoms with Crippen LogP contribution in [0.4, 0.5) is 18.9 Å². The second-order valence-electron chi connectivity index (χ2n) is 6.32. The first-order valence-corrected chi connectivity index (χ1v) is 8.22. The zero-order valence-electron chi connectivity index (χ0n) is 13.5. The molecule has 1 amide bonds. The number of carbonyl (C=O) groups is 1. The minimum atomic E-state index is -4.34. The molecule has 1 aliphatic rings. The highest BCUT2D eigenvalue weighted by Gasteiger charge is 2.48. The van der Waals surface area contributed by atoms with Crippen LogP contribution in [0.15, 0.2) is 36.9 Å². The fraction of sp³-hybridized carbons (Fsp3) is 0.471. The molecule has 0 aliphatic heterocycles. The first-order valence-electron chi connectivity index (χ1n) is 8.22. The van der Waals surface area contributed by atoms with Crippen LogP contribution in [0, 0.1) is 11.8 Å². The lowest BCUT2D eigenvalue weighted by Gasteiger charge is -2.32. The van der Waals surface area contributed by atoms with Crippen molar-refractivity contribution in [2.24, 2.45) is 11.8 Å². The van der Waals surface area contributed by atoms with Crippen molar-refractivity contribution in [1.82, 2.24) is 14.8 Å². The van der Waals surface area contributed by atoms with E-state index in [1.165, 1.54) is 6.33 Å². The molecule has 1 fully saturated rings. The van der Waals surface area contributed by atoms with E-state index in [9.17, 15) is 18.0 Å². The molecule has 2 atom stereocenters. The Labute approximate surface area is 143 Å². The maximum Gasteiger partial charge on any atom is 0.392 e. The minimum absolute atomic E-state index is 0.0218. The molecule has 1 aliphatic carbocycles. The normalized spacial score (nSPS) is 21.1. The van der Waals surface area contributed by atoms with Crippen LogP contribution in [-0.4, -0.2) is 26.8 Å². The topological polar surface area (TPSA) is 59.8 Å². The van der Waals surface area contributed by atoms with Gasteiger partial charge in [-0.15, -0.1) is 0 Å². The van der Waals surface area contributed by atoms with E-state index in [1.54, 1.807) is 29.2 Å². The summed E-state index contributed by atoms with van der Waals surface area (Å²) in [7, 11) is 0. The summed E-state index contributed by atoms with van der Waals surface area (Å²) < 4.78 is 41.1. The third-order valence-corrected chi connectivity index (χ3v) is 4.53. The van der Waals surface area contributed by atoms with Crippen molar-refractivity contribution < 1.29 is 18.0 Å². The molecule has 1 aromatic heterocycles. The van der Waals surface area contributed by atoms with Crippen LogP contribution in [0.3, 0.4) is 0 Å². The standard InChI is InChI=1S/C17H19F3N4O/c18-17(19,20)15-7-2-1-6-14(15)16(25)23-13-5-3-4-12(8-13)9-24-11-21-10-22-24/h3-5,8,10-11,14-15H,1-2,6-7,9H2,(H,23,25)/t14-,15+/m1/s1. The van der Waals surface area contributed by atoms with Gasteiger partial charge in [0.15, 0.2) is 0 Å². The summed E-state index contributed by atoms with van der Waals surface area (Å²) in [6.45, 7) is 0.471. The van der Waals surface area contributed by atoms with E-state index < -0.39 is 23.9 Å². The Kier molecular flexibility index (Phi) is 5.06. The second-order valence-corrected chi connectivity index (χ2v) is 6.32. The van der Waals surface area contributed by atoms with Crippen LogP contribution in [0.2, 0.25) is 0 Å². The average molecular weight is 352 g/mol. The van der Waals surface area contributed by atoms with Crippen LogP contribution < -0.4 is 5.32 Å². The Morgan fingerprint density at radius 2 is 2.08 bits per heavy atom. The number of alkyl halides is 3. The lowest BCUT2D eigenvalue weighted by molar-refractivity contribution is -0.197. The lowest BCUT2D eigenvalue weighted by atomic mass is 9.78. The van der Waals surface area contributed by atoms with E-state index in [2.05, 4.69) is 15.4 Å². The van der Waals surface area contributed by atoms with E-state index in [0.29, 0.717) is 25.1 Å². The molecule has 8 heteroatoms. The third-order valence-electron chi connectivity index (χ3n) is 4.53. The molecule has 0 saturated heterocycles. The summed E-state index contributed by atoms with van der Waals surface area (Å²) in [4.78, 5) is 16.3. The van der Waals surface area contributed by atoms with Crippen LogP contribution in [-0.2, 0) is 11.3 Å². The van der Waals surface area contributed by atoms with E-state index in [4.69, 9.17) is 0 Å². The molecule has 1 aromatic carbocycles. The molecule has 0 unspecified atom stereocenters. The Morgan fingerprint density at radius 1 is 1.28 bits per heavy atom. The van der Waals surface area contributed by atoms with Crippen molar-refractivity contribution in [3.05, 3.63) is 42.5 Å². The number of rotatable bonds is 4. The third kappa shape index (κ3) is 4.37. The number of hydrogen-bond acceptors (Lipinski definition) is 3. The average Bonchev–Trinajstić information content (AvgIpc) is 3.07. The summed E-state index contributed by atoms with van der Waals surface area (Å²) >= 11 is 0. The van der Waals surface area contributed by atoms with Gasteiger partial charge in [0.25, 0.3) is 0 Å². The molecule has 25 heavy (non-hydrogen) atoms. The molecule has 3 rings (SSSR count). The SMILES string of the molecule is O=C(Nc1cccc(Cn2cncn2)c1)[C@@H]1CCCC[C@@H]1C(F)(F)F. The van der Waals surface area contributed by atoms with Gasteiger partial charge in [-0.05, 0) is 30.5 Å². The smallest absolute Gasteiger partial charge is 0.326 e. The summed E-state index contributed by atoms with van der Waals surface area (Å²) in [6, 6.07) is 7.03. The molecule has 0 radical (unpaired) electrons. The number of hydrogen-bond donors (Lipinski definition) is 1. The number of benzene rings is 1. The minimum Gasteiger partial charge on any atom is -0.326 e. The number of nitrogens with zero attached hydrogens (tertiary/aromatic N) is 3. The van der Waals surface area contributed by atoms with Gasteiger partial charge in [0, 0.05) is 11.6 Å². The highest BCUT2D eigenvalue weighted by Crippen LogP contribution is 2.41. The van der Waals surface area contributed by atoms with Gasteiger partial charge in [-0.25, -0.2) is 9.67 Å². The van der Waals surface area contributed by atoms with E-state index >= 15 is 0 Å². The molecule has 1 N–H and O–H groups in total. The predicted molar refractivity (Wildman–Crippen MR) is 85.7 cm³/mol. The van der Waals surface area contributed by atoms with Crippen molar-refractivity contribution in [3.8, 4) is 0 Å². The Hall–Kier alpha value is -2.38. The van der Waals surface area contributed by atoms with Gasteiger partial charge >= 0.3 is 6.18 Å². The fourth-order valence-corrected chi connectivity index (χ4v) is 3.32. The van der Waals surface area contributed by atoms with Gasteiger partial charge in [0.1, 0.15) is 12.7 Å². The molecule has 2 aromatic rings. The van der Waals surface area contributed by atoms with Crippen LogP contribution in [0.5, 0.6) is 0 Å². The highest BCUT2D eigenvalue weighted by molar-refractivity contribution is 5.92. The molecule has 1 saturated carbocycles. The Bertz CT molecular complexity index is 715. The molecular weight excluding hydrogens is 333 g/mol. The van der Waals surface area contributed by atoms with Crippen LogP contribution in [0.25, 0.3) is 0 Å². The maximum atomic E-state index is 13.2. The van der Waals surface area contributed by atoms with E-state index in [1.807, 2.05) is 6.07 Å². The van der Waals surface area contributed by atoms with Gasteiger partial charge in [0.05, 0.1) is 12.5 Å². The number of carbonyl (C=O) groups excluding carboxylic acids is 1. The molecule has 0 bridgehead atoms. The fourth-order valence-electron chi connectivity index (χ4n) is 3.32. The van der Waals surface area contributed by atoms with Gasteiger partial charge in [0.2, 0.25) is 5.91 Å². The number of nitrogens with one attached hydrogen (secondary N) is 1. The van der Waals surface area contributed by atoms with E-state index in [-0.39, 0.29) is 12.8 Å². The van der Waals surface area contributed by atoms with Gasteiger partial charge in [-0.1, -0.05) is 25.0 Å². The molecule has 0 spiro atoms. The summed E-state index contributed by atoms with van der Waals surface area (Å²) in [6.07, 6.45) is 0.117. The summed E-state index contributed by atoms with van der Waals surface area (Å²) in [5.41, 5.74) is 1.37. The molecule has 134 valence electrons. The Balaban J connectivity index is 1.69. The number of anilines is 1. The quantitative estimate of drug-likeness (QED) is 0.914. The zero-order valence-corrected chi connectivity index (χ0v) is 13.5. The van der Waals surface area contributed by atoms with Gasteiger partial charge in [-0.2, -0.15) is 18.3 Å². The van der Waals surface area contributed by atoms with Crippen molar-refractivity contribution in [3.63, 3.8) is 0 Å². The molecule has 5 nitrogen and oxygen atoms in total. The van der Waals surface area contributed by atoms with Crippen molar-refractivity contribution in [2.75, 3.05) is 5.32 Å². The number of amides is 1. The number of aromatic nitrogens is 3. The van der Waals surface area contributed by atoms with Crippen molar-refractivity contribution in [1.29, 1.82) is 0 Å². The monoisotopic (exact) mass is 352 g/mol. The number of halogens is 3. The summed E-state index contributed by atoms with van der Waals surface area (Å²) in [5, 5.41) is 6.66. The summed E-state index contributed by atoms with van der Waals surface area (Å²) in [5.74, 6) is -3.13. The molecular formula is C17H19F3N4O. The predicted octanol–water partition coefficient (Wildman–Crippen LogP) is 3.63. The van der Waals surface area contributed by atoms with Gasteiger partial charge < -0.3 is 5.32 Å². The lowest BCUT2D eigenvalue weighted by Crippen LogP contribution is -2.39. The van der Waals surface area contributed by atoms with Crippen LogP contribution >= 0.6 is 0 Å². The molecule has 1 heterocycles.